The molecule has 1 aliphatic carbocycles. The Hall–Kier alpha value is -1.42. The molecule has 1 aromatic carbocycles. The third-order valence-corrected chi connectivity index (χ3v) is 2.88. The SMILES string of the molecule is CCOC(=O)C1(O)CCc2cc(F)ccc21. The lowest BCUT2D eigenvalue weighted by atomic mass is 9.96. The Bertz CT molecular complexity index is 430. The number of fused-ring (bicyclic) bond motifs is 1. The Kier molecular flexibility index (Phi) is 2.68. The summed E-state index contributed by atoms with van der Waals surface area (Å²) in [6, 6.07) is 4.05. The summed E-state index contributed by atoms with van der Waals surface area (Å²) in [4.78, 5) is 11.6. The Morgan fingerprint density at radius 2 is 2.38 bits per heavy atom. The number of hydrogen-bond donors (Lipinski definition) is 1. The minimum atomic E-state index is -1.60. The number of benzene rings is 1. The van der Waals surface area contributed by atoms with Crippen molar-refractivity contribution in [3.8, 4) is 0 Å². The summed E-state index contributed by atoms with van der Waals surface area (Å²) in [6.07, 6.45) is 0.743. The lowest BCUT2D eigenvalue weighted by Crippen LogP contribution is -2.35. The minimum absolute atomic E-state index is 0.220. The van der Waals surface area contributed by atoms with E-state index >= 15 is 0 Å². The van der Waals surface area contributed by atoms with Crippen molar-refractivity contribution in [1.82, 2.24) is 0 Å². The normalized spacial score (nSPS) is 22.9. The lowest BCUT2D eigenvalue weighted by molar-refractivity contribution is -0.166. The van der Waals surface area contributed by atoms with Crippen LogP contribution in [0.4, 0.5) is 4.39 Å². The molecule has 1 aromatic rings. The first-order chi connectivity index (χ1) is 7.58. The van der Waals surface area contributed by atoms with Crippen LogP contribution in [-0.4, -0.2) is 17.7 Å². The van der Waals surface area contributed by atoms with Crippen LogP contribution in [0, 0.1) is 5.82 Å². The van der Waals surface area contributed by atoms with Crippen LogP contribution in [0.5, 0.6) is 0 Å². The molecule has 4 heteroatoms. The topological polar surface area (TPSA) is 46.5 Å². The Labute approximate surface area is 92.9 Å². The highest BCUT2D eigenvalue weighted by Crippen LogP contribution is 2.38. The maximum absolute atomic E-state index is 13.0. The zero-order chi connectivity index (χ0) is 11.8. The summed E-state index contributed by atoms with van der Waals surface area (Å²) in [7, 11) is 0. The molecule has 1 atom stereocenters. The van der Waals surface area contributed by atoms with Crippen molar-refractivity contribution in [2.24, 2.45) is 0 Å². The molecule has 0 fully saturated rings. The molecule has 0 spiro atoms. The van der Waals surface area contributed by atoms with Gasteiger partial charge < -0.3 is 9.84 Å². The highest BCUT2D eigenvalue weighted by Gasteiger charge is 2.44. The second-order valence-corrected chi connectivity index (χ2v) is 3.88. The van der Waals surface area contributed by atoms with E-state index in [-0.39, 0.29) is 18.8 Å². The third kappa shape index (κ3) is 1.59. The van der Waals surface area contributed by atoms with E-state index in [9.17, 15) is 14.3 Å². The largest absolute Gasteiger partial charge is 0.464 e. The first-order valence-electron chi connectivity index (χ1n) is 5.26. The van der Waals surface area contributed by atoms with Crippen molar-refractivity contribution in [2.45, 2.75) is 25.4 Å². The fraction of sp³-hybridized carbons (Fsp3) is 0.417. The molecule has 0 radical (unpaired) electrons. The van der Waals surface area contributed by atoms with Gasteiger partial charge in [0.1, 0.15) is 5.82 Å². The molecule has 0 amide bonds. The van der Waals surface area contributed by atoms with Crippen LogP contribution in [-0.2, 0) is 21.6 Å². The molecular formula is C12H13FO3. The molecule has 2 rings (SSSR count). The third-order valence-electron chi connectivity index (χ3n) is 2.88. The van der Waals surface area contributed by atoms with Crippen molar-refractivity contribution in [2.75, 3.05) is 6.61 Å². The summed E-state index contributed by atoms with van der Waals surface area (Å²) < 4.78 is 17.8. The van der Waals surface area contributed by atoms with Gasteiger partial charge in [-0.25, -0.2) is 9.18 Å². The molecule has 1 N–H and O–H groups in total. The molecule has 1 aliphatic rings. The Morgan fingerprint density at radius 3 is 3.06 bits per heavy atom. The number of hydrogen-bond acceptors (Lipinski definition) is 3. The Morgan fingerprint density at radius 1 is 1.62 bits per heavy atom. The fourth-order valence-electron chi connectivity index (χ4n) is 2.09. The van der Waals surface area contributed by atoms with E-state index in [1.165, 1.54) is 18.2 Å². The van der Waals surface area contributed by atoms with E-state index in [1.54, 1.807) is 6.92 Å². The smallest absolute Gasteiger partial charge is 0.342 e. The summed E-state index contributed by atoms with van der Waals surface area (Å²) in [5.41, 5.74) is -0.457. The van der Waals surface area contributed by atoms with Crippen LogP contribution >= 0.6 is 0 Å². The van der Waals surface area contributed by atoms with Gasteiger partial charge in [0.05, 0.1) is 6.61 Å². The second-order valence-electron chi connectivity index (χ2n) is 3.88. The van der Waals surface area contributed by atoms with Gasteiger partial charge in [-0.2, -0.15) is 0 Å². The van der Waals surface area contributed by atoms with Gasteiger partial charge in [-0.05, 0) is 43.0 Å². The quantitative estimate of drug-likeness (QED) is 0.775. The van der Waals surface area contributed by atoms with Crippen molar-refractivity contribution >= 4 is 5.97 Å². The number of ether oxygens (including phenoxy) is 1. The fourth-order valence-corrected chi connectivity index (χ4v) is 2.09. The molecule has 0 saturated carbocycles. The average molecular weight is 224 g/mol. The van der Waals surface area contributed by atoms with Gasteiger partial charge in [-0.15, -0.1) is 0 Å². The molecule has 1 unspecified atom stereocenters. The van der Waals surface area contributed by atoms with Gasteiger partial charge >= 0.3 is 5.97 Å². The van der Waals surface area contributed by atoms with Crippen LogP contribution in [0.1, 0.15) is 24.5 Å². The molecular weight excluding hydrogens is 211 g/mol. The number of carbonyl (C=O) groups is 1. The monoisotopic (exact) mass is 224 g/mol. The van der Waals surface area contributed by atoms with E-state index in [1.807, 2.05) is 0 Å². The van der Waals surface area contributed by atoms with Gasteiger partial charge in [-0.1, -0.05) is 6.07 Å². The molecule has 3 nitrogen and oxygen atoms in total. The number of esters is 1. The molecule has 0 aromatic heterocycles. The molecule has 86 valence electrons. The van der Waals surface area contributed by atoms with Crippen LogP contribution in [0.3, 0.4) is 0 Å². The van der Waals surface area contributed by atoms with Gasteiger partial charge in [0.2, 0.25) is 0 Å². The van der Waals surface area contributed by atoms with Gasteiger partial charge in [0.25, 0.3) is 0 Å². The molecule has 0 saturated heterocycles. The summed E-state index contributed by atoms with van der Waals surface area (Å²) in [5, 5.41) is 10.2. The van der Waals surface area contributed by atoms with E-state index < -0.39 is 11.6 Å². The maximum Gasteiger partial charge on any atom is 0.342 e. The van der Waals surface area contributed by atoms with Crippen molar-refractivity contribution in [1.29, 1.82) is 0 Å². The predicted octanol–water partition coefficient (Wildman–Crippen LogP) is 1.52. The lowest BCUT2D eigenvalue weighted by Gasteiger charge is -2.21. The van der Waals surface area contributed by atoms with Crippen molar-refractivity contribution < 1.29 is 19.0 Å². The highest BCUT2D eigenvalue weighted by molar-refractivity contribution is 5.82. The van der Waals surface area contributed by atoms with Crippen molar-refractivity contribution in [3.63, 3.8) is 0 Å². The number of aliphatic hydroxyl groups is 1. The zero-order valence-corrected chi connectivity index (χ0v) is 9.00. The van der Waals surface area contributed by atoms with E-state index in [0.29, 0.717) is 17.5 Å². The van der Waals surface area contributed by atoms with Gasteiger partial charge in [0.15, 0.2) is 5.60 Å². The first kappa shape index (κ1) is 11.1. The van der Waals surface area contributed by atoms with Crippen LogP contribution in [0.15, 0.2) is 18.2 Å². The number of rotatable bonds is 2. The summed E-state index contributed by atoms with van der Waals surface area (Å²) in [5.74, 6) is -1.01. The van der Waals surface area contributed by atoms with Crippen LogP contribution < -0.4 is 0 Å². The van der Waals surface area contributed by atoms with Crippen LogP contribution in [0.25, 0.3) is 0 Å². The molecule has 16 heavy (non-hydrogen) atoms. The molecule has 0 aliphatic heterocycles. The highest BCUT2D eigenvalue weighted by atomic mass is 19.1. The molecule has 0 bridgehead atoms. The van der Waals surface area contributed by atoms with Gasteiger partial charge in [-0.3, -0.25) is 0 Å². The zero-order valence-electron chi connectivity index (χ0n) is 9.00. The molecule has 0 heterocycles. The van der Waals surface area contributed by atoms with Gasteiger partial charge in [0, 0.05) is 0 Å². The summed E-state index contributed by atoms with van der Waals surface area (Å²) in [6.45, 7) is 1.90. The average Bonchev–Trinajstić information content (AvgIpc) is 2.58. The number of aryl methyl sites for hydroxylation is 1. The van der Waals surface area contributed by atoms with E-state index in [2.05, 4.69) is 0 Å². The maximum atomic E-state index is 13.0. The number of halogens is 1. The first-order valence-corrected chi connectivity index (χ1v) is 5.26. The summed E-state index contributed by atoms with van der Waals surface area (Å²) >= 11 is 0. The van der Waals surface area contributed by atoms with E-state index in [4.69, 9.17) is 4.74 Å². The van der Waals surface area contributed by atoms with Crippen molar-refractivity contribution in [3.05, 3.63) is 35.1 Å². The Balaban J connectivity index is 2.38. The predicted molar refractivity (Wildman–Crippen MR) is 55.3 cm³/mol. The minimum Gasteiger partial charge on any atom is -0.464 e. The standard InChI is InChI=1S/C12H13FO3/c1-2-16-11(14)12(15)6-5-8-7-9(13)3-4-10(8)12/h3-4,7,15H,2,5-6H2,1H3. The van der Waals surface area contributed by atoms with E-state index in [0.717, 1.165) is 0 Å². The second kappa shape index (κ2) is 3.87. The van der Waals surface area contributed by atoms with Crippen LogP contribution in [0.2, 0.25) is 0 Å². The number of carbonyl (C=O) groups excluding carboxylic acids is 1.